The highest BCUT2D eigenvalue weighted by Gasteiger charge is 2.30. The Morgan fingerprint density at radius 3 is 2.74 bits per heavy atom. The normalized spacial score (nSPS) is 22.1. The van der Waals surface area contributed by atoms with Crippen molar-refractivity contribution in [2.45, 2.75) is 45.6 Å². The maximum Gasteiger partial charge on any atom is 0.214 e. The first-order valence-electron chi connectivity index (χ1n) is 7.10. The average Bonchev–Trinajstić information content (AvgIpc) is 2.64. The van der Waals surface area contributed by atoms with Crippen LogP contribution >= 0.6 is 0 Å². The molecule has 1 heterocycles. The van der Waals surface area contributed by atoms with Gasteiger partial charge in [0.2, 0.25) is 10.0 Å². The van der Waals surface area contributed by atoms with Gasteiger partial charge in [-0.3, -0.25) is 0 Å². The molecule has 1 atom stereocenters. The van der Waals surface area contributed by atoms with Gasteiger partial charge in [-0.05, 0) is 32.3 Å². The molecule has 0 aliphatic carbocycles. The maximum absolute atomic E-state index is 12.3. The van der Waals surface area contributed by atoms with Crippen LogP contribution in [0.25, 0.3) is 0 Å². The Morgan fingerprint density at radius 1 is 1.26 bits per heavy atom. The Labute approximate surface area is 116 Å². The Balaban J connectivity index is 2.38. The van der Waals surface area contributed by atoms with Crippen LogP contribution in [0.4, 0.5) is 0 Å². The van der Waals surface area contributed by atoms with Crippen LogP contribution in [0.2, 0.25) is 0 Å². The summed E-state index contributed by atoms with van der Waals surface area (Å²) in [5.41, 5.74) is 2.33. The van der Waals surface area contributed by atoms with Crippen LogP contribution in [0.3, 0.4) is 0 Å². The maximum atomic E-state index is 12.3. The van der Waals surface area contributed by atoms with Crippen molar-refractivity contribution in [2.24, 2.45) is 0 Å². The van der Waals surface area contributed by atoms with Crippen LogP contribution in [-0.4, -0.2) is 25.0 Å². The first-order chi connectivity index (χ1) is 9.04. The van der Waals surface area contributed by atoms with Crippen molar-refractivity contribution in [2.75, 3.05) is 12.3 Å². The van der Waals surface area contributed by atoms with Gasteiger partial charge in [0.1, 0.15) is 0 Å². The molecule has 1 fully saturated rings. The van der Waals surface area contributed by atoms with E-state index >= 15 is 0 Å². The van der Waals surface area contributed by atoms with Gasteiger partial charge in [-0.2, -0.15) is 4.31 Å². The van der Waals surface area contributed by atoms with Crippen molar-refractivity contribution >= 4 is 10.0 Å². The van der Waals surface area contributed by atoms with Gasteiger partial charge in [0.15, 0.2) is 0 Å². The van der Waals surface area contributed by atoms with Crippen molar-refractivity contribution < 1.29 is 8.42 Å². The standard InChI is InChI=1S/C15H23NO2S/c1-3-19(17,18)16-11-6-4-5-10-15(16)14-9-7-8-13(2)12-14/h7-9,12,15H,3-6,10-11H2,1-2H3. The lowest BCUT2D eigenvalue weighted by atomic mass is 10.0. The van der Waals surface area contributed by atoms with E-state index in [1.165, 1.54) is 5.56 Å². The van der Waals surface area contributed by atoms with Gasteiger partial charge in [-0.25, -0.2) is 8.42 Å². The second-order valence-corrected chi connectivity index (χ2v) is 7.50. The number of aryl methyl sites for hydroxylation is 1. The van der Waals surface area contributed by atoms with Gasteiger partial charge in [0.05, 0.1) is 5.75 Å². The number of sulfonamides is 1. The predicted octanol–water partition coefficient (Wildman–Crippen LogP) is 3.26. The molecule has 0 N–H and O–H groups in total. The lowest BCUT2D eigenvalue weighted by Gasteiger charge is -2.29. The Morgan fingerprint density at radius 2 is 2.05 bits per heavy atom. The third-order valence-corrected chi connectivity index (χ3v) is 5.73. The zero-order chi connectivity index (χ0) is 13.9. The Bertz CT molecular complexity index is 525. The van der Waals surface area contributed by atoms with Crippen LogP contribution in [-0.2, 0) is 10.0 Å². The Kier molecular flexibility index (Phi) is 4.63. The summed E-state index contributed by atoms with van der Waals surface area (Å²) >= 11 is 0. The van der Waals surface area contributed by atoms with Crippen LogP contribution < -0.4 is 0 Å². The van der Waals surface area contributed by atoms with E-state index in [4.69, 9.17) is 0 Å². The second kappa shape index (κ2) is 6.06. The number of rotatable bonds is 3. The number of benzene rings is 1. The summed E-state index contributed by atoms with van der Waals surface area (Å²) in [7, 11) is -3.12. The lowest BCUT2D eigenvalue weighted by Crippen LogP contribution is -2.35. The minimum Gasteiger partial charge on any atom is -0.212 e. The second-order valence-electron chi connectivity index (χ2n) is 5.29. The smallest absolute Gasteiger partial charge is 0.212 e. The van der Waals surface area contributed by atoms with Crippen LogP contribution in [0.1, 0.15) is 49.8 Å². The summed E-state index contributed by atoms with van der Waals surface area (Å²) < 4.78 is 26.3. The molecular weight excluding hydrogens is 258 g/mol. The molecule has 1 saturated heterocycles. The molecule has 1 aliphatic heterocycles. The summed E-state index contributed by atoms with van der Waals surface area (Å²) in [4.78, 5) is 0. The molecule has 0 bridgehead atoms. The van der Waals surface area contributed by atoms with E-state index in [1.54, 1.807) is 11.2 Å². The third-order valence-electron chi connectivity index (χ3n) is 3.85. The van der Waals surface area contributed by atoms with E-state index in [0.29, 0.717) is 6.54 Å². The molecule has 3 nitrogen and oxygen atoms in total. The quantitative estimate of drug-likeness (QED) is 0.853. The highest BCUT2D eigenvalue weighted by molar-refractivity contribution is 7.89. The van der Waals surface area contributed by atoms with Gasteiger partial charge >= 0.3 is 0 Å². The van der Waals surface area contributed by atoms with E-state index < -0.39 is 10.0 Å². The molecule has 1 unspecified atom stereocenters. The zero-order valence-corrected chi connectivity index (χ0v) is 12.6. The number of hydrogen-bond acceptors (Lipinski definition) is 2. The fraction of sp³-hybridized carbons (Fsp3) is 0.600. The molecule has 1 aliphatic rings. The number of hydrogen-bond donors (Lipinski definition) is 0. The van der Waals surface area contributed by atoms with E-state index in [1.807, 2.05) is 6.07 Å². The topological polar surface area (TPSA) is 37.4 Å². The zero-order valence-electron chi connectivity index (χ0n) is 11.8. The molecule has 0 amide bonds. The molecule has 19 heavy (non-hydrogen) atoms. The molecule has 0 saturated carbocycles. The highest BCUT2D eigenvalue weighted by Crippen LogP contribution is 2.32. The molecule has 1 aromatic carbocycles. The van der Waals surface area contributed by atoms with Crippen molar-refractivity contribution in [3.8, 4) is 0 Å². The van der Waals surface area contributed by atoms with Gasteiger partial charge in [-0.1, -0.05) is 42.7 Å². The number of nitrogens with zero attached hydrogens (tertiary/aromatic N) is 1. The van der Waals surface area contributed by atoms with E-state index in [0.717, 1.165) is 31.2 Å². The van der Waals surface area contributed by atoms with E-state index in [9.17, 15) is 8.42 Å². The SMILES string of the molecule is CCS(=O)(=O)N1CCCCCC1c1cccc(C)c1. The summed E-state index contributed by atoms with van der Waals surface area (Å²) in [6.45, 7) is 4.45. The predicted molar refractivity (Wildman–Crippen MR) is 78.6 cm³/mol. The van der Waals surface area contributed by atoms with Gasteiger partial charge < -0.3 is 0 Å². The molecule has 0 radical (unpaired) electrons. The first-order valence-corrected chi connectivity index (χ1v) is 8.71. The van der Waals surface area contributed by atoms with Crippen molar-refractivity contribution in [1.29, 1.82) is 0 Å². The van der Waals surface area contributed by atoms with Crippen molar-refractivity contribution in [3.63, 3.8) is 0 Å². The van der Waals surface area contributed by atoms with Crippen LogP contribution in [0.5, 0.6) is 0 Å². The summed E-state index contributed by atoms with van der Waals surface area (Å²) in [6, 6.07) is 8.27. The molecule has 4 heteroatoms. The van der Waals surface area contributed by atoms with Crippen LogP contribution in [0.15, 0.2) is 24.3 Å². The molecule has 2 rings (SSSR count). The fourth-order valence-electron chi connectivity index (χ4n) is 2.79. The molecule has 106 valence electrons. The van der Waals surface area contributed by atoms with Gasteiger partial charge in [0.25, 0.3) is 0 Å². The molecule has 1 aromatic rings. The van der Waals surface area contributed by atoms with Gasteiger partial charge in [0, 0.05) is 12.6 Å². The first kappa shape index (κ1) is 14.5. The molecular formula is C15H23NO2S. The van der Waals surface area contributed by atoms with Gasteiger partial charge in [-0.15, -0.1) is 0 Å². The third kappa shape index (κ3) is 3.37. The molecule has 0 aromatic heterocycles. The lowest BCUT2D eigenvalue weighted by molar-refractivity contribution is 0.329. The van der Waals surface area contributed by atoms with E-state index in [-0.39, 0.29) is 11.8 Å². The minimum atomic E-state index is -3.12. The van der Waals surface area contributed by atoms with Crippen LogP contribution in [0, 0.1) is 6.92 Å². The minimum absolute atomic E-state index is 0.0207. The fourth-order valence-corrected chi connectivity index (χ4v) is 4.14. The Hall–Kier alpha value is -0.870. The monoisotopic (exact) mass is 281 g/mol. The summed E-state index contributed by atoms with van der Waals surface area (Å²) in [5.74, 6) is 0.190. The highest BCUT2D eigenvalue weighted by atomic mass is 32.2. The van der Waals surface area contributed by atoms with E-state index in [2.05, 4.69) is 25.1 Å². The summed E-state index contributed by atoms with van der Waals surface area (Å²) in [5, 5.41) is 0. The molecule has 0 spiro atoms. The summed E-state index contributed by atoms with van der Waals surface area (Å²) in [6.07, 6.45) is 4.14. The largest absolute Gasteiger partial charge is 0.214 e. The average molecular weight is 281 g/mol. The van der Waals surface area contributed by atoms with Crippen molar-refractivity contribution in [1.82, 2.24) is 4.31 Å². The van der Waals surface area contributed by atoms with Crippen molar-refractivity contribution in [3.05, 3.63) is 35.4 Å².